The maximum atomic E-state index is 12.5. The van der Waals surface area contributed by atoms with Gasteiger partial charge in [0.2, 0.25) is 5.91 Å². The number of aromatic nitrogens is 3. The molecule has 3 aromatic rings. The smallest absolute Gasteiger partial charge is 0.320 e. The van der Waals surface area contributed by atoms with Crippen molar-refractivity contribution < 1.29 is 24.2 Å². The molecule has 2 aliphatic heterocycles. The number of H-pyrrole nitrogens is 1. The number of allylic oxidation sites excluding steroid dienone is 1. The number of methoxy groups -OCH3 is 1. The molecule has 1 saturated carbocycles. The topological polar surface area (TPSA) is 158 Å². The lowest BCUT2D eigenvalue weighted by atomic mass is 10.1. The number of ether oxygens (including phenoxy) is 1. The largest absolute Gasteiger partial charge is 0.496 e. The number of carbonyl (C=O) groups excluding carboxylic acids is 2. The van der Waals surface area contributed by atoms with Gasteiger partial charge in [0.15, 0.2) is 0 Å². The average molecular weight is 605 g/mol. The first-order chi connectivity index (χ1) is 21.3. The number of carboxylic acid groups (broad SMARTS) is 1. The summed E-state index contributed by atoms with van der Waals surface area (Å²) in [6.45, 7) is 3.11. The molecule has 1 aliphatic carbocycles. The Kier molecular flexibility index (Phi) is 11.1. The SMILES string of the molecule is CN1CCCC/C=C\[C@@H]2C[C@H]2NC(=O)[C@@H]2CCCN2C1=O.COc1ccc2c(=O)[nH]c(-c3ccncc3)nc2c1C.O=CO. The molecule has 2 fully saturated rings. The highest BCUT2D eigenvalue weighted by Crippen LogP contribution is 2.33. The summed E-state index contributed by atoms with van der Waals surface area (Å²) < 4.78 is 5.28. The Bertz CT molecular complexity index is 1540. The predicted octanol–water partition coefficient (Wildman–Crippen LogP) is 3.75. The molecule has 3 atom stereocenters. The Morgan fingerprint density at radius 3 is 2.55 bits per heavy atom. The van der Waals surface area contributed by atoms with Gasteiger partial charge in [-0.1, -0.05) is 12.2 Å². The van der Waals surface area contributed by atoms with Gasteiger partial charge in [0.1, 0.15) is 17.6 Å². The lowest BCUT2D eigenvalue weighted by Gasteiger charge is -2.29. The van der Waals surface area contributed by atoms with Crippen LogP contribution in [0.25, 0.3) is 22.3 Å². The van der Waals surface area contributed by atoms with Crippen molar-refractivity contribution in [1.29, 1.82) is 0 Å². The van der Waals surface area contributed by atoms with Crippen LogP contribution >= 0.6 is 0 Å². The first-order valence-corrected chi connectivity index (χ1v) is 14.8. The molecule has 12 heteroatoms. The number of benzene rings is 1. The third-order valence-electron chi connectivity index (χ3n) is 8.05. The van der Waals surface area contributed by atoms with E-state index in [2.05, 4.69) is 32.4 Å². The molecule has 0 bridgehead atoms. The summed E-state index contributed by atoms with van der Waals surface area (Å²) in [6, 6.07) is 7.14. The van der Waals surface area contributed by atoms with Crippen molar-refractivity contribution in [2.24, 2.45) is 5.92 Å². The van der Waals surface area contributed by atoms with Gasteiger partial charge in [-0.25, -0.2) is 9.78 Å². The fraction of sp³-hybridized carbons (Fsp3) is 0.438. The van der Waals surface area contributed by atoms with Crippen molar-refractivity contribution in [2.75, 3.05) is 27.2 Å². The van der Waals surface area contributed by atoms with Gasteiger partial charge in [-0.05, 0) is 75.6 Å². The number of nitrogens with zero attached hydrogens (tertiary/aromatic N) is 4. The molecule has 6 rings (SSSR count). The van der Waals surface area contributed by atoms with E-state index in [0.717, 1.165) is 61.9 Å². The second-order valence-electron chi connectivity index (χ2n) is 11.0. The van der Waals surface area contributed by atoms with Crippen LogP contribution in [0.3, 0.4) is 0 Å². The molecule has 2 aromatic heterocycles. The van der Waals surface area contributed by atoms with Crippen molar-refractivity contribution in [1.82, 2.24) is 30.1 Å². The van der Waals surface area contributed by atoms with Crippen molar-refractivity contribution in [3.05, 3.63) is 64.7 Å². The van der Waals surface area contributed by atoms with Gasteiger partial charge in [-0.2, -0.15) is 0 Å². The number of aromatic amines is 1. The van der Waals surface area contributed by atoms with Crippen LogP contribution in [0.15, 0.2) is 53.6 Å². The molecule has 1 saturated heterocycles. The number of urea groups is 1. The number of aryl methyl sites for hydroxylation is 1. The van der Waals surface area contributed by atoms with E-state index in [9.17, 15) is 14.4 Å². The minimum atomic E-state index is -0.270. The van der Waals surface area contributed by atoms with Gasteiger partial charge in [0, 0.05) is 49.7 Å². The summed E-state index contributed by atoms with van der Waals surface area (Å²) in [4.78, 5) is 60.3. The maximum absolute atomic E-state index is 12.5. The summed E-state index contributed by atoms with van der Waals surface area (Å²) >= 11 is 0. The summed E-state index contributed by atoms with van der Waals surface area (Å²) in [5.74, 6) is 1.79. The van der Waals surface area contributed by atoms with Crippen molar-refractivity contribution in [2.45, 2.75) is 57.5 Å². The van der Waals surface area contributed by atoms with E-state index in [4.69, 9.17) is 14.6 Å². The number of fused-ring (bicyclic) bond motifs is 3. The lowest BCUT2D eigenvalue weighted by molar-refractivity contribution is -0.125. The molecule has 1 aromatic carbocycles. The van der Waals surface area contributed by atoms with Crippen LogP contribution in [0.4, 0.5) is 4.79 Å². The lowest BCUT2D eigenvalue weighted by Crippen LogP contribution is -2.50. The van der Waals surface area contributed by atoms with E-state index in [0.29, 0.717) is 29.2 Å². The van der Waals surface area contributed by atoms with E-state index >= 15 is 0 Å². The second kappa shape index (κ2) is 15.1. The molecule has 3 aliphatic rings. The number of hydrogen-bond acceptors (Lipinski definition) is 7. The third kappa shape index (κ3) is 7.80. The normalized spacial score (nSPS) is 22.1. The molecular weight excluding hydrogens is 564 g/mol. The third-order valence-corrected chi connectivity index (χ3v) is 8.05. The standard InChI is InChI=1S/C16H25N3O2.C15H13N3O2.CH2O2/c1-18-9-5-3-2-4-7-12-11-13(12)17-15(20)14-8-6-10-19(14)16(18)21;1-9-12(20-2)4-3-11-13(9)17-14(18-15(11)19)10-5-7-16-8-6-10;2-1-3/h4,7,12-14H,2-3,5-6,8-11H2,1H3,(H,17,20);3-8H,1-2H3,(H,17,18,19);1H,(H,2,3)/b7-4-;;/t12-,13-,14+;;/m1../s1. The Morgan fingerprint density at radius 1 is 1.07 bits per heavy atom. The maximum Gasteiger partial charge on any atom is 0.320 e. The highest BCUT2D eigenvalue weighted by molar-refractivity contribution is 5.88. The van der Waals surface area contributed by atoms with E-state index in [1.165, 1.54) is 0 Å². The molecule has 0 unspecified atom stereocenters. The van der Waals surface area contributed by atoms with E-state index in [1.54, 1.807) is 53.6 Å². The van der Waals surface area contributed by atoms with Crippen LogP contribution in [0.2, 0.25) is 0 Å². The van der Waals surface area contributed by atoms with Gasteiger partial charge in [0.05, 0.1) is 18.0 Å². The van der Waals surface area contributed by atoms with Gasteiger partial charge in [-0.15, -0.1) is 0 Å². The molecule has 4 heterocycles. The predicted molar refractivity (Wildman–Crippen MR) is 166 cm³/mol. The van der Waals surface area contributed by atoms with Crippen molar-refractivity contribution in [3.8, 4) is 17.1 Å². The summed E-state index contributed by atoms with van der Waals surface area (Å²) in [6.07, 6.45) is 13.8. The van der Waals surface area contributed by atoms with Crippen molar-refractivity contribution in [3.63, 3.8) is 0 Å². The van der Waals surface area contributed by atoms with Crippen LogP contribution in [0, 0.1) is 12.8 Å². The number of amides is 3. The summed E-state index contributed by atoms with van der Waals surface area (Å²) in [7, 11) is 3.44. The second-order valence-corrected chi connectivity index (χ2v) is 11.0. The number of pyridine rings is 1. The fourth-order valence-electron chi connectivity index (χ4n) is 5.53. The quantitative estimate of drug-likeness (QED) is 0.295. The zero-order valence-corrected chi connectivity index (χ0v) is 25.4. The van der Waals surface area contributed by atoms with Gasteiger partial charge in [-0.3, -0.25) is 19.4 Å². The Hall–Kier alpha value is -4.74. The summed E-state index contributed by atoms with van der Waals surface area (Å²) in [5.41, 5.74) is 2.17. The minimum absolute atomic E-state index is 0.00704. The van der Waals surface area contributed by atoms with Crippen LogP contribution in [0.1, 0.15) is 44.1 Å². The van der Waals surface area contributed by atoms with E-state index in [1.807, 2.05) is 14.0 Å². The number of nitrogens with one attached hydrogen (secondary N) is 2. The highest BCUT2D eigenvalue weighted by atomic mass is 16.5. The molecular formula is C32H40N6O6. The summed E-state index contributed by atoms with van der Waals surface area (Å²) in [5, 5.41) is 10.6. The van der Waals surface area contributed by atoms with Crippen LogP contribution < -0.4 is 15.6 Å². The van der Waals surface area contributed by atoms with Crippen LogP contribution in [-0.2, 0) is 9.59 Å². The van der Waals surface area contributed by atoms with Crippen molar-refractivity contribution >= 4 is 29.3 Å². The average Bonchev–Trinajstić information content (AvgIpc) is 3.56. The zero-order valence-electron chi connectivity index (χ0n) is 25.4. The monoisotopic (exact) mass is 604 g/mol. The van der Waals surface area contributed by atoms with Gasteiger partial charge < -0.3 is 29.9 Å². The molecule has 44 heavy (non-hydrogen) atoms. The number of hydrogen-bond donors (Lipinski definition) is 3. The number of rotatable bonds is 2. The Balaban J connectivity index is 0.000000185. The zero-order chi connectivity index (χ0) is 31.6. The van der Waals surface area contributed by atoms with E-state index in [-0.39, 0.29) is 36.1 Å². The number of carbonyl (C=O) groups is 3. The van der Waals surface area contributed by atoms with Gasteiger partial charge >= 0.3 is 6.03 Å². The highest BCUT2D eigenvalue weighted by Gasteiger charge is 2.41. The van der Waals surface area contributed by atoms with Gasteiger partial charge in [0.25, 0.3) is 12.0 Å². The molecule has 3 N–H and O–H groups in total. The first kappa shape index (κ1) is 32.2. The first-order valence-electron chi connectivity index (χ1n) is 14.8. The molecule has 234 valence electrons. The van der Waals surface area contributed by atoms with Crippen LogP contribution in [0.5, 0.6) is 5.75 Å². The van der Waals surface area contributed by atoms with Crippen LogP contribution in [-0.4, -0.2) is 87.6 Å². The Morgan fingerprint density at radius 2 is 1.82 bits per heavy atom. The minimum Gasteiger partial charge on any atom is -0.496 e. The fourth-order valence-corrected chi connectivity index (χ4v) is 5.53. The molecule has 12 nitrogen and oxygen atoms in total. The molecule has 3 amide bonds. The molecule has 0 spiro atoms. The van der Waals surface area contributed by atoms with E-state index < -0.39 is 0 Å². The Labute approximate surface area is 256 Å². The molecule has 0 radical (unpaired) electrons.